The van der Waals surface area contributed by atoms with Gasteiger partial charge in [0.25, 0.3) is 0 Å². The van der Waals surface area contributed by atoms with Crippen LogP contribution in [0.2, 0.25) is 0 Å². The summed E-state index contributed by atoms with van der Waals surface area (Å²) in [4.78, 5) is 4.30. The van der Waals surface area contributed by atoms with Gasteiger partial charge in [-0.15, -0.1) is 0 Å². The first-order valence-corrected chi connectivity index (χ1v) is 7.20. The van der Waals surface area contributed by atoms with Gasteiger partial charge in [0.2, 0.25) is 0 Å². The number of nitrogens with one attached hydrogen (secondary N) is 1. The van der Waals surface area contributed by atoms with Gasteiger partial charge in [0.1, 0.15) is 6.10 Å². The van der Waals surface area contributed by atoms with Gasteiger partial charge in [-0.05, 0) is 23.6 Å². The lowest BCUT2D eigenvalue weighted by Crippen LogP contribution is -2.34. The Morgan fingerprint density at radius 3 is 3.05 bits per heavy atom. The van der Waals surface area contributed by atoms with E-state index in [9.17, 15) is 0 Å². The van der Waals surface area contributed by atoms with E-state index >= 15 is 0 Å². The van der Waals surface area contributed by atoms with E-state index in [1.807, 2.05) is 12.5 Å². The first kappa shape index (κ1) is 13.3. The number of hydrogen-bond acceptors (Lipinski definition) is 3. The minimum atomic E-state index is 0.0777. The maximum atomic E-state index is 5.84. The van der Waals surface area contributed by atoms with Crippen molar-refractivity contribution in [1.29, 1.82) is 0 Å². The average molecular weight is 271 g/mol. The fraction of sp³-hybridized carbons (Fsp3) is 0.438. The van der Waals surface area contributed by atoms with Gasteiger partial charge < -0.3 is 14.6 Å². The third-order valence-electron chi connectivity index (χ3n) is 3.74. The second-order valence-electron chi connectivity index (χ2n) is 5.50. The maximum absolute atomic E-state index is 5.84. The Hall–Kier alpha value is -1.65. The monoisotopic (exact) mass is 271 g/mol. The lowest BCUT2D eigenvalue weighted by atomic mass is 10.0. The zero-order valence-electron chi connectivity index (χ0n) is 12.0. The number of imidazole rings is 1. The van der Waals surface area contributed by atoms with E-state index in [0.29, 0.717) is 5.92 Å². The molecule has 2 aromatic rings. The number of ether oxygens (including phenoxy) is 1. The van der Waals surface area contributed by atoms with Gasteiger partial charge in [-0.25, -0.2) is 4.98 Å². The van der Waals surface area contributed by atoms with E-state index in [2.05, 4.69) is 53.0 Å². The Labute approximate surface area is 119 Å². The van der Waals surface area contributed by atoms with Crippen molar-refractivity contribution in [2.45, 2.75) is 25.9 Å². The van der Waals surface area contributed by atoms with Gasteiger partial charge >= 0.3 is 0 Å². The van der Waals surface area contributed by atoms with Crippen molar-refractivity contribution < 1.29 is 4.74 Å². The number of nitrogens with zero attached hydrogens (tertiary/aromatic N) is 2. The van der Waals surface area contributed by atoms with Crippen LogP contribution < -0.4 is 5.32 Å². The maximum Gasteiger partial charge on any atom is 0.112 e. The summed E-state index contributed by atoms with van der Waals surface area (Å²) in [7, 11) is 0. The SMILES string of the molecule is CC(C)c1cccc(-n2cncc2C2CNCCO2)c1. The molecule has 0 amide bonds. The minimum Gasteiger partial charge on any atom is -0.369 e. The Morgan fingerprint density at radius 2 is 2.30 bits per heavy atom. The van der Waals surface area contributed by atoms with Crippen molar-refractivity contribution in [3.05, 3.63) is 48.0 Å². The molecule has 106 valence electrons. The molecule has 1 aliphatic heterocycles. The van der Waals surface area contributed by atoms with Crippen molar-refractivity contribution in [3.63, 3.8) is 0 Å². The molecule has 2 heterocycles. The average Bonchev–Trinajstić information content (AvgIpc) is 2.98. The van der Waals surface area contributed by atoms with Gasteiger partial charge in [-0.1, -0.05) is 26.0 Å². The summed E-state index contributed by atoms with van der Waals surface area (Å²) < 4.78 is 7.97. The fourth-order valence-electron chi connectivity index (χ4n) is 2.55. The van der Waals surface area contributed by atoms with Crippen molar-refractivity contribution in [1.82, 2.24) is 14.9 Å². The van der Waals surface area contributed by atoms with Gasteiger partial charge in [-0.3, -0.25) is 0 Å². The van der Waals surface area contributed by atoms with Crippen LogP contribution in [0, 0.1) is 0 Å². The second kappa shape index (κ2) is 5.77. The summed E-state index contributed by atoms with van der Waals surface area (Å²) in [5.74, 6) is 0.523. The number of rotatable bonds is 3. The van der Waals surface area contributed by atoms with Crippen LogP contribution in [0.4, 0.5) is 0 Å². The first-order chi connectivity index (χ1) is 9.75. The third kappa shape index (κ3) is 2.62. The summed E-state index contributed by atoms with van der Waals surface area (Å²) in [6.45, 7) is 6.94. The van der Waals surface area contributed by atoms with Crippen LogP contribution in [0.25, 0.3) is 5.69 Å². The van der Waals surface area contributed by atoms with Gasteiger partial charge in [0.15, 0.2) is 0 Å². The Bertz CT molecular complexity index is 571. The molecular formula is C16H21N3O. The molecule has 0 bridgehead atoms. The van der Waals surface area contributed by atoms with Crippen LogP contribution in [0.3, 0.4) is 0 Å². The molecule has 0 aliphatic carbocycles. The molecule has 1 aromatic carbocycles. The van der Waals surface area contributed by atoms with E-state index in [1.54, 1.807) is 0 Å². The molecule has 1 aliphatic rings. The molecule has 1 saturated heterocycles. The summed E-state index contributed by atoms with van der Waals surface area (Å²) in [5, 5.41) is 3.37. The Morgan fingerprint density at radius 1 is 1.40 bits per heavy atom. The number of morpholine rings is 1. The topological polar surface area (TPSA) is 39.1 Å². The largest absolute Gasteiger partial charge is 0.369 e. The molecule has 4 nitrogen and oxygen atoms in total. The van der Waals surface area contributed by atoms with Crippen LogP contribution in [0.15, 0.2) is 36.8 Å². The fourth-order valence-corrected chi connectivity index (χ4v) is 2.55. The van der Waals surface area contributed by atoms with Crippen LogP contribution in [-0.4, -0.2) is 29.2 Å². The summed E-state index contributed by atoms with van der Waals surface area (Å²) in [6, 6.07) is 8.62. The van der Waals surface area contributed by atoms with E-state index in [-0.39, 0.29) is 6.10 Å². The van der Waals surface area contributed by atoms with Crippen LogP contribution >= 0.6 is 0 Å². The van der Waals surface area contributed by atoms with E-state index in [1.165, 1.54) is 5.56 Å². The molecule has 1 fully saturated rings. The lowest BCUT2D eigenvalue weighted by molar-refractivity contribution is 0.0240. The van der Waals surface area contributed by atoms with Crippen LogP contribution in [-0.2, 0) is 4.74 Å². The molecule has 1 unspecified atom stereocenters. The zero-order chi connectivity index (χ0) is 13.9. The van der Waals surface area contributed by atoms with E-state index < -0.39 is 0 Å². The quantitative estimate of drug-likeness (QED) is 0.933. The highest BCUT2D eigenvalue weighted by Gasteiger charge is 2.20. The summed E-state index contributed by atoms with van der Waals surface area (Å²) >= 11 is 0. The van der Waals surface area contributed by atoms with Crippen molar-refractivity contribution in [2.24, 2.45) is 0 Å². The molecule has 20 heavy (non-hydrogen) atoms. The van der Waals surface area contributed by atoms with Crippen molar-refractivity contribution in [3.8, 4) is 5.69 Å². The first-order valence-electron chi connectivity index (χ1n) is 7.20. The molecule has 3 rings (SSSR count). The van der Waals surface area contributed by atoms with E-state index in [4.69, 9.17) is 4.74 Å². The van der Waals surface area contributed by atoms with Crippen LogP contribution in [0.1, 0.15) is 37.1 Å². The molecule has 1 aromatic heterocycles. The van der Waals surface area contributed by atoms with E-state index in [0.717, 1.165) is 31.1 Å². The van der Waals surface area contributed by atoms with Crippen molar-refractivity contribution in [2.75, 3.05) is 19.7 Å². The Balaban J connectivity index is 1.94. The molecular weight excluding hydrogens is 250 g/mol. The van der Waals surface area contributed by atoms with Gasteiger partial charge in [0, 0.05) is 18.8 Å². The number of aromatic nitrogens is 2. The molecule has 1 atom stereocenters. The summed E-state index contributed by atoms with van der Waals surface area (Å²) in [6.07, 6.45) is 3.85. The number of benzene rings is 1. The van der Waals surface area contributed by atoms with Gasteiger partial charge in [-0.2, -0.15) is 0 Å². The molecule has 4 heteroatoms. The third-order valence-corrected chi connectivity index (χ3v) is 3.74. The zero-order valence-corrected chi connectivity index (χ0v) is 12.0. The lowest BCUT2D eigenvalue weighted by Gasteiger charge is -2.24. The smallest absolute Gasteiger partial charge is 0.112 e. The highest BCUT2D eigenvalue weighted by atomic mass is 16.5. The minimum absolute atomic E-state index is 0.0777. The number of hydrogen-bond donors (Lipinski definition) is 1. The normalized spacial score (nSPS) is 19.4. The molecule has 0 saturated carbocycles. The predicted molar refractivity (Wildman–Crippen MR) is 79.2 cm³/mol. The molecule has 0 spiro atoms. The summed E-state index contributed by atoms with van der Waals surface area (Å²) in [5.41, 5.74) is 3.60. The van der Waals surface area contributed by atoms with Crippen molar-refractivity contribution >= 4 is 0 Å². The second-order valence-corrected chi connectivity index (χ2v) is 5.50. The molecule has 1 N–H and O–H groups in total. The molecule has 0 radical (unpaired) electrons. The highest BCUT2D eigenvalue weighted by Crippen LogP contribution is 2.24. The predicted octanol–water partition coefficient (Wildman–Crippen LogP) is 2.66. The standard InChI is InChI=1S/C16H21N3O/c1-12(2)13-4-3-5-14(8-13)19-11-18-9-15(19)16-10-17-6-7-20-16/h3-5,8-9,11-12,16-17H,6-7,10H2,1-2H3. The van der Waals surface area contributed by atoms with Crippen LogP contribution in [0.5, 0.6) is 0 Å². The highest BCUT2D eigenvalue weighted by molar-refractivity contribution is 5.39. The Kier molecular flexibility index (Phi) is 3.85. The van der Waals surface area contributed by atoms with Gasteiger partial charge in [0.05, 0.1) is 24.8 Å².